The first-order chi connectivity index (χ1) is 4.70. The summed E-state index contributed by atoms with van der Waals surface area (Å²) in [5.74, 6) is 2.52. The van der Waals surface area contributed by atoms with E-state index in [1.165, 1.54) is 0 Å². The molecule has 10 heavy (non-hydrogen) atoms. The lowest BCUT2D eigenvalue weighted by Gasteiger charge is -2.19. The Bertz CT molecular complexity index is 159. The van der Waals surface area contributed by atoms with Crippen molar-refractivity contribution < 1.29 is 9.84 Å². The summed E-state index contributed by atoms with van der Waals surface area (Å²) in [6.45, 7) is 1.94. The van der Waals surface area contributed by atoms with Gasteiger partial charge in [-0.3, -0.25) is 0 Å². The average molecular weight is 140 g/mol. The molecule has 1 aliphatic heterocycles. The van der Waals surface area contributed by atoms with E-state index in [1.807, 2.05) is 6.92 Å². The molecule has 0 radical (unpaired) electrons. The Labute approximate surface area is 61.2 Å². The van der Waals surface area contributed by atoms with Crippen molar-refractivity contribution >= 4 is 0 Å². The molecule has 0 bridgehead atoms. The lowest BCUT2D eigenvalue weighted by atomic mass is 10.0. The largest absolute Gasteiger partial charge is 0.393 e. The van der Waals surface area contributed by atoms with Crippen molar-refractivity contribution in [3.8, 4) is 12.3 Å². The maximum Gasteiger partial charge on any atom is 0.118 e. The smallest absolute Gasteiger partial charge is 0.118 e. The van der Waals surface area contributed by atoms with Gasteiger partial charge in [-0.1, -0.05) is 5.92 Å². The fourth-order valence-electron chi connectivity index (χ4n) is 1.13. The number of terminal acetylenes is 1. The Morgan fingerprint density at radius 3 is 2.90 bits per heavy atom. The third kappa shape index (κ3) is 1.31. The number of ether oxygens (including phenoxy) is 1. The topological polar surface area (TPSA) is 29.5 Å². The molecule has 0 aromatic carbocycles. The van der Waals surface area contributed by atoms with Gasteiger partial charge in [-0.05, 0) is 19.8 Å². The number of rotatable bonds is 1. The van der Waals surface area contributed by atoms with Gasteiger partial charge in [0, 0.05) is 0 Å². The molecule has 0 saturated carbocycles. The Balaban J connectivity index is 2.51. The van der Waals surface area contributed by atoms with Crippen LogP contribution in [0.4, 0.5) is 0 Å². The molecule has 0 unspecified atom stereocenters. The molecule has 0 aromatic heterocycles. The quantitative estimate of drug-likeness (QED) is 0.539. The first-order valence-corrected chi connectivity index (χ1v) is 3.45. The molecule has 1 fully saturated rings. The first-order valence-electron chi connectivity index (χ1n) is 3.45. The van der Waals surface area contributed by atoms with Gasteiger partial charge >= 0.3 is 0 Å². The highest BCUT2D eigenvalue weighted by Gasteiger charge is 2.34. The van der Waals surface area contributed by atoms with Gasteiger partial charge in [0.25, 0.3) is 0 Å². The number of hydrogen-bond acceptors (Lipinski definition) is 2. The van der Waals surface area contributed by atoms with Crippen molar-refractivity contribution in [2.24, 2.45) is 0 Å². The van der Waals surface area contributed by atoms with Crippen molar-refractivity contribution in [3.05, 3.63) is 0 Å². The van der Waals surface area contributed by atoms with Gasteiger partial charge in [-0.15, -0.1) is 6.42 Å². The van der Waals surface area contributed by atoms with Crippen LogP contribution < -0.4 is 0 Å². The molecule has 0 amide bonds. The summed E-state index contributed by atoms with van der Waals surface area (Å²) < 4.78 is 5.36. The fourth-order valence-corrected chi connectivity index (χ4v) is 1.13. The minimum Gasteiger partial charge on any atom is -0.393 e. The van der Waals surface area contributed by atoms with E-state index in [9.17, 15) is 0 Å². The third-order valence-corrected chi connectivity index (χ3v) is 1.88. The molecule has 1 aliphatic rings. The van der Waals surface area contributed by atoms with E-state index in [1.54, 1.807) is 0 Å². The zero-order valence-electron chi connectivity index (χ0n) is 6.13. The average Bonchev–Trinajstić information content (AvgIpc) is 2.33. The highest BCUT2D eigenvalue weighted by atomic mass is 16.5. The molecule has 2 heteroatoms. The van der Waals surface area contributed by atoms with Crippen LogP contribution in [0.25, 0.3) is 0 Å². The summed E-state index contributed by atoms with van der Waals surface area (Å²) in [7, 11) is 0. The maximum atomic E-state index is 8.84. The van der Waals surface area contributed by atoms with Gasteiger partial charge in [-0.25, -0.2) is 0 Å². The second-order valence-corrected chi connectivity index (χ2v) is 2.92. The van der Waals surface area contributed by atoms with Crippen LogP contribution in [0, 0.1) is 12.3 Å². The summed E-state index contributed by atoms with van der Waals surface area (Å²) in [6, 6.07) is 0. The number of aliphatic hydroxyl groups is 1. The summed E-state index contributed by atoms with van der Waals surface area (Å²) in [5, 5.41) is 8.84. The Morgan fingerprint density at radius 2 is 2.60 bits per heavy atom. The lowest BCUT2D eigenvalue weighted by molar-refractivity contribution is -0.0431. The molecule has 0 aliphatic carbocycles. The first kappa shape index (κ1) is 7.59. The van der Waals surface area contributed by atoms with E-state index >= 15 is 0 Å². The van der Waals surface area contributed by atoms with Gasteiger partial charge in [0.2, 0.25) is 0 Å². The Kier molecular flexibility index (Phi) is 1.98. The van der Waals surface area contributed by atoms with Crippen molar-refractivity contribution in [3.63, 3.8) is 0 Å². The second-order valence-electron chi connectivity index (χ2n) is 2.92. The summed E-state index contributed by atoms with van der Waals surface area (Å²) in [4.78, 5) is 0. The monoisotopic (exact) mass is 140 g/mol. The second kappa shape index (κ2) is 2.61. The van der Waals surface area contributed by atoms with Crippen LogP contribution in [0.1, 0.15) is 19.8 Å². The van der Waals surface area contributed by atoms with Crippen LogP contribution in [-0.2, 0) is 4.74 Å². The standard InChI is InChI=1S/C8H12O2/c1-3-7-4-5-8(2,6-9)10-7/h1,7,9H,4-6H2,2H3/t7-,8+/m1/s1. The molecule has 2 nitrogen and oxygen atoms in total. The molecule has 1 saturated heterocycles. The Hall–Kier alpha value is -0.520. The van der Waals surface area contributed by atoms with Gasteiger partial charge in [0.1, 0.15) is 6.10 Å². The highest BCUT2D eigenvalue weighted by molar-refractivity contribution is 5.01. The van der Waals surface area contributed by atoms with E-state index in [0.717, 1.165) is 12.8 Å². The van der Waals surface area contributed by atoms with Crippen LogP contribution in [0.5, 0.6) is 0 Å². The molecule has 1 rings (SSSR count). The van der Waals surface area contributed by atoms with Gasteiger partial charge in [0.05, 0.1) is 12.2 Å². The van der Waals surface area contributed by atoms with E-state index in [4.69, 9.17) is 16.3 Å². The number of aliphatic hydroxyl groups excluding tert-OH is 1. The van der Waals surface area contributed by atoms with Gasteiger partial charge in [0.15, 0.2) is 0 Å². The molecule has 1 N–H and O–H groups in total. The van der Waals surface area contributed by atoms with Crippen LogP contribution in [0.3, 0.4) is 0 Å². The zero-order chi connectivity index (χ0) is 7.61. The van der Waals surface area contributed by atoms with E-state index in [-0.39, 0.29) is 18.3 Å². The van der Waals surface area contributed by atoms with Crippen LogP contribution >= 0.6 is 0 Å². The predicted octanol–water partition coefficient (Wildman–Crippen LogP) is 0.550. The maximum absolute atomic E-state index is 8.84. The fraction of sp³-hybridized carbons (Fsp3) is 0.750. The lowest BCUT2D eigenvalue weighted by Crippen LogP contribution is -2.28. The van der Waals surface area contributed by atoms with E-state index < -0.39 is 0 Å². The Morgan fingerprint density at radius 1 is 1.90 bits per heavy atom. The summed E-state index contributed by atoms with van der Waals surface area (Å²) >= 11 is 0. The minimum atomic E-state index is -0.378. The van der Waals surface area contributed by atoms with Crippen LogP contribution in [0.15, 0.2) is 0 Å². The normalized spacial score (nSPS) is 39.5. The molecule has 1 heterocycles. The third-order valence-electron chi connectivity index (χ3n) is 1.88. The highest BCUT2D eigenvalue weighted by Crippen LogP contribution is 2.28. The molecule has 56 valence electrons. The molecular weight excluding hydrogens is 128 g/mol. The van der Waals surface area contributed by atoms with Crippen LogP contribution in [0.2, 0.25) is 0 Å². The zero-order valence-corrected chi connectivity index (χ0v) is 6.13. The van der Waals surface area contributed by atoms with E-state index in [0.29, 0.717) is 0 Å². The van der Waals surface area contributed by atoms with Crippen molar-refractivity contribution in [1.29, 1.82) is 0 Å². The van der Waals surface area contributed by atoms with Crippen molar-refractivity contribution in [1.82, 2.24) is 0 Å². The molecular formula is C8H12O2. The van der Waals surface area contributed by atoms with E-state index in [2.05, 4.69) is 5.92 Å². The van der Waals surface area contributed by atoms with Crippen molar-refractivity contribution in [2.45, 2.75) is 31.5 Å². The SMILES string of the molecule is C#C[C@@H]1CC[C@@](C)(CO)O1. The van der Waals surface area contributed by atoms with Crippen LogP contribution in [-0.4, -0.2) is 23.4 Å². The molecule has 0 aromatic rings. The molecule has 2 atom stereocenters. The summed E-state index contributed by atoms with van der Waals surface area (Å²) in [6.07, 6.45) is 6.80. The predicted molar refractivity (Wildman–Crippen MR) is 38.4 cm³/mol. The minimum absolute atomic E-state index is 0.0607. The van der Waals surface area contributed by atoms with Crippen molar-refractivity contribution in [2.75, 3.05) is 6.61 Å². The van der Waals surface area contributed by atoms with Gasteiger partial charge < -0.3 is 9.84 Å². The van der Waals surface area contributed by atoms with Gasteiger partial charge in [-0.2, -0.15) is 0 Å². The summed E-state index contributed by atoms with van der Waals surface area (Å²) in [5.41, 5.74) is -0.378. The number of hydrogen-bond donors (Lipinski definition) is 1. The molecule has 0 spiro atoms.